The molecule has 1 amide bonds. The molecule has 2 N–H and O–H groups in total. The number of ketones is 1. The van der Waals surface area contributed by atoms with E-state index in [0.717, 1.165) is 5.56 Å². The molecule has 6 heteroatoms. The molecule has 1 aliphatic rings. The number of halogens is 1. The molecule has 5 nitrogen and oxygen atoms in total. The first-order chi connectivity index (χ1) is 12.9. The van der Waals surface area contributed by atoms with Crippen molar-refractivity contribution < 1.29 is 19.8 Å². The van der Waals surface area contributed by atoms with Gasteiger partial charge in [0.15, 0.2) is 0 Å². The Balaban J connectivity index is 2.14. The Morgan fingerprint density at radius 3 is 2.30 bits per heavy atom. The van der Waals surface area contributed by atoms with E-state index in [-0.39, 0.29) is 24.5 Å². The normalized spacial score (nSPS) is 18.9. The SMILES string of the molecule is Cc1ccc(/C(O)=C2\C(=O)C(=O)N(CCCO)[C@H]2c2ccc(Cl)cc2)cc1. The average Bonchev–Trinajstić information content (AvgIpc) is 2.91. The standard InChI is InChI=1S/C21H20ClNO4/c1-13-3-5-15(6-4-13)19(25)17-18(14-7-9-16(22)10-8-14)23(11-2-12-24)21(27)20(17)26/h3-10,18,24-25H,2,11-12H2,1H3/b19-17+/t18-/m0/s1. The maximum atomic E-state index is 12.7. The molecule has 140 valence electrons. The summed E-state index contributed by atoms with van der Waals surface area (Å²) < 4.78 is 0. The van der Waals surface area contributed by atoms with Crippen molar-refractivity contribution in [1.29, 1.82) is 0 Å². The Morgan fingerprint density at radius 1 is 1.07 bits per heavy atom. The molecule has 27 heavy (non-hydrogen) atoms. The number of carbonyl (C=O) groups is 2. The number of likely N-dealkylation sites (tertiary alicyclic amines) is 1. The molecular weight excluding hydrogens is 366 g/mol. The number of hydrogen-bond acceptors (Lipinski definition) is 4. The zero-order valence-corrected chi connectivity index (χ0v) is 15.6. The highest BCUT2D eigenvalue weighted by Crippen LogP contribution is 2.39. The molecule has 0 aliphatic carbocycles. The van der Waals surface area contributed by atoms with Crippen LogP contribution >= 0.6 is 11.6 Å². The summed E-state index contributed by atoms with van der Waals surface area (Å²) in [4.78, 5) is 26.7. The Kier molecular flexibility index (Phi) is 5.63. The van der Waals surface area contributed by atoms with Gasteiger partial charge in [-0.05, 0) is 31.0 Å². The van der Waals surface area contributed by atoms with Crippen molar-refractivity contribution in [1.82, 2.24) is 4.90 Å². The summed E-state index contributed by atoms with van der Waals surface area (Å²) in [5.41, 5.74) is 2.21. The lowest BCUT2D eigenvalue weighted by molar-refractivity contribution is -0.140. The molecule has 0 aromatic heterocycles. The summed E-state index contributed by atoms with van der Waals surface area (Å²) in [6, 6.07) is 13.2. The van der Waals surface area contributed by atoms with Gasteiger partial charge < -0.3 is 15.1 Å². The van der Waals surface area contributed by atoms with E-state index in [1.54, 1.807) is 36.4 Å². The number of carbonyl (C=O) groups excluding carboxylic acids is 2. The lowest BCUT2D eigenvalue weighted by Gasteiger charge is -2.25. The number of benzene rings is 2. The van der Waals surface area contributed by atoms with Crippen molar-refractivity contribution >= 4 is 29.1 Å². The van der Waals surface area contributed by atoms with Crippen molar-refractivity contribution in [2.45, 2.75) is 19.4 Å². The molecule has 3 rings (SSSR count). The molecule has 0 unspecified atom stereocenters. The predicted octanol–water partition coefficient (Wildman–Crippen LogP) is 3.45. The van der Waals surface area contributed by atoms with Gasteiger partial charge in [-0.25, -0.2) is 0 Å². The first-order valence-electron chi connectivity index (χ1n) is 8.66. The number of Topliss-reactive ketones (excluding diaryl/α,β-unsaturated/α-hetero) is 1. The quantitative estimate of drug-likeness (QED) is 0.469. The molecule has 1 atom stereocenters. The van der Waals surface area contributed by atoms with Gasteiger partial charge in [0.05, 0.1) is 11.6 Å². The second-order valence-electron chi connectivity index (χ2n) is 6.49. The minimum Gasteiger partial charge on any atom is -0.507 e. The highest BCUT2D eigenvalue weighted by Gasteiger charge is 2.45. The zero-order chi connectivity index (χ0) is 19.6. The summed E-state index contributed by atoms with van der Waals surface area (Å²) >= 11 is 5.96. The van der Waals surface area contributed by atoms with Crippen LogP contribution in [0.25, 0.3) is 5.76 Å². The van der Waals surface area contributed by atoms with Gasteiger partial charge in [0, 0.05) is 23.7 Å². The van der Waals surface area contributed by atoms with E-state index in [4.69, 9.17) is 16.7 Å². The fourth-order valence-corrected chi connectivity index (χ4v) is 3.34. The first-order valence-corrected chi connectivity index (χ1v) is 9.03. The smallest absolute Gasteiger partial charge is 0.295 e. The number of rotatable bonds is 5. The highest BCUT2D eigenvalue weighted by atomic mass is 35.5. The van der Waals surface area contributed by atoms with E-state index in [2.05, 4.69) is 0 Å². The summed E-state index contributed by atoms with van der Waals surface area (Å²) in [6.07, 6.45) is 0.335. The minimum atomic E-state index is -0.731. The summed E-state index contributed by atoms with van der Waals surface area (Å²) in [7, 11) is 0. The van der Waals surface area contributed by atoms with Crippen LogP contribution in [0.5, 0.6) is 0 Å². The Morgan fingerprint density at radius 2 is 1.70 bits per heavy atom. The number of nitrogens with zero attached hydrogens (tertiary/aromatic N) is 1. The molecule has 1 aliphatic heterocycles. The van der Waals surface area contributed by atoms with Crippen molar-refractivity contribution in [3.05, 3.63) is 75.8 Å². The second kappa shape index (κ2) is 7.94. The number of aliphatic hydroxyl groups excluding tert-OH is 2. The summed E-state index contributed by atoms with van der Waals surface area (Å²) in [5.74, 6) is -1.62. The van der Waals surface area contributed by atoms with Crippen LogP contribution in [-0.4, -0.2) is 40.0 Å². The lowest BCUT2D eigenvalue weighted by Crippen LogP contribution is -2.31. The molecule has 1 saturated heterocycles. The monoisotopic (exact) mass is 385 g/mol. The number of hydrogen-bond donors (Lipinski definition) is 2. The third-order valence-corrected chi connectivity index (χ3v) is 4.86. The van der Waals surface area contributed by atoms with E-state index >= 15 is 0 Å². The second-order valence-corrected chi connectivity index (χ2v) is 6.92. The van der Waals surface area contributed by atoms with Gasteiger partial charge in [-0.15, -0.1) is 0 Å². The van der Waals surface area contributed by atoms with Gasteiger partial charge >= 0.3 is 0 Å². The molecule has 2 aromatic rings. The Hall–Kier alpha value is -2.63. The van der Waals surface area contributed by atoms with Crippen molar-refractivity contribution in [3.8, 4) is 0 Å². The molecule has 0 spiro atoms. The van der Waals surface area contributed by atoms with E-state index in [1.807, 2.05) is 19.1 Å². The van der Waals surface area contributed by atoms with E-state index in [1.165, 1.54) is 4.90 Å². The molecule has 0 radical (unpaired) electrons. The van der Waals surface area contributed by atoms with Crippen LogP contribution in [0, 0.1) is 6.92 Å². The van der Waals surface area contributed by atoms with Crippen molar-refractivity contribution in [2.75, 3.05) is 13.2 Å². The van der Waals surface area contributed by atoms with E-state index in [0.29, 0.717) is 22.6 Å². The van der Waals surface area contributed by atoms with Crippen LogP contribution in [0.1, 0.15) is 29.2 Å². The van der Waals surface area contributed by atoms with Crippen molar-refractivity contribution in [2.24, 2.45) is 0 Å². The van der Waals surface area contributed by atoms with Gasteiger partial charge in [0.25, 0.3) is 11.7 Å². The summed E-state index contributed by atoms with van der Waals surface area (Å²) in [5, 5.41) is 20.5. The molecule has 1 fully saturated rings. The molecule has 0 saturated carbocycles. The first kappa shape index (κ1) is 19.1. The lowest BCUT2D eigenvalue weighted by atomic mass is 9.95. The average molecular weight is 386 g/mol. The maximum absolute atomic E-state index is 12.7. The summed E-state index contributed by atoms with van der Waals surface area (Å²) in [6.45, 7) is 2.03. The third kappa shape index (κ3) is 3.75. The maximum Gasteiger partial charge on any atom is 0.295 e. The Bertz CT molecular complexity index is 887. The fraction of sp³-hybridized carbons (Fsp3) is 0.238. The van der Waals surface area contributed by atoms with Gasteiger partial charge in [-0.3, -0.25) is 9.59 Å². The fourth-order valence-electron chi connectivity index (χ4n) is 3.21. The van der Waals surface area contributed by atoms with Crippen LogP contribution in [0.15, 0.2) is 54.1 Å². The van der Waals surface area contributed by atoms with Crippen LogP contribution in [0.4, 0.5) is 0 Å². The number of aryl methyl sites for hydroxylation is 1. The zero-order valence-electron chi connectivity index (χ0n) is 14.9. The number of amides is 1. The number of aliphatic hydroxyl groups is 2. The highest BCUT2D eigenvalue weighted by molar-refractivity contribution is 6.46. The van der Waals surface area contributed by atoms with Crippen LogP contribution in [0.2, 0.25) is 5.02 Å². The van der Waals surface area contributed by atoms with Crippen LogP contribution in [-0.2, 0) is 9.59 Å². The molecule has 1 heterocycles. The molecule has 0 bridgehead atoms. The van der Waals surface area contributed by atoms with E-state index in [9.17, 15) is 14.7 Å². The van der Waals surface area contributed by atoms with Gasteiger partial charge in [0.1, 0.15) is 5.76 Å². The molecular formula is C21H20ClNO4. The van der Waals surface area contributed by atoms with E-state index < -0.39 is 17.7 Å². The Labute approximate surface area is 162 Å². The van der Waals surface area contributed by atoms with Gasteiger partial charge in [0.2, 0.25) is 0 Å². The third-order valence-electron chi connectivity index (χ3n) is 4.61. The van der Waals surface area contributed by atoms with Gasteiger partial charge in [-0.1, -0.05) is 53.6 Å². The topological polar surface area (TPSA) is 77.8 Å². The van der Waals surface area contributed by atoms with Crippen LogP contribution in [0.3, 0.4) is 0 Å². The van der Waals surface area contributed by atoms with Crippen LogP contribution < -0.4 is 0 Å². The van der Waals surface area contributed by atoms with Gasteiger partial charge in [-0.2, -0.15) is 0 Å². The largest absolute Gasteiger partial charge is 0.507 e. The predicted molar refractivity (Wildman–Crippen MR) is 103 cm³/mol. The van der Waals surface area contributed by atoms with Crippen molar-refractivity contribution in [3.63, 3.8) is 0 Å². The minimum absolute atomic E-state index is 0.0455. The molecule has 2 aromatic carbocycles.